The van der Waals surface area contributed by atoms with Crippen molar-refractivity contribution < 1.29 is 9.90 Å². The average Bonchev–Trinajstić information content (AvgIpc) is 2.01. The third-order valence-corrected chi connectivity index (χ3v) is 1.74. The van der Waals surface area contributed by atoms with Gasteiger partial charge in [0.25, 0.3) is 0 Å². The molecule has 0 fully saturated rings. The molecule has 0 spiro atoms. The molecule has 0 atom stereocenters. The molecule has 0 aliphatic heterocycles. The van der Waals surface area contributed by atoms with Gasteiger partial charge in [-0.3, -0.25) is 4.79 Å². The Balaban J connectivity index is 2.57. The Morgan fingerprint density at radius 3 is 3.00 bits per heavy atom. The van der Waals surface area contributed by atoms with Gasteiger partial charge in [0, 0.05) is 0 Å². The van der Waals surface area contributed by atoms with Crippen LogP contribution in [0.2, 0.25) is 0 Å². The fraction of sp³-hybridized carbons (Fsp3) is 0.200. The normalized spacial score (nSPS) is 9.67. The number of anilines is 1. The van der Waals surface area contributed by atoms with Crippen molar-refractivity contribution in [2.45, 2.75) is 5.16 Å². The molecule has 0 radical (unpaired) electrons. The Bertz CT molecular complexity index is 293. The first-order valence-corrected chi connectivity index (χ1v) is 3.96. The van der Waals surface area contributed by atoms with Crippen LogP contribution in [0.1, 0.15) is 0 Å². The van der Waals surface area contributed by atoms with E-state index in [1.54, 1.807) is 0 Å². The summed E-state index contributed by atoms with van der Waals surface area (Å²) in [6, 6.07) is 0. The molecule has 0 aromatic carbocycles. The van der Waals surface area contributed by atoms with E-state index < -0.39 is 5.97 Å². The maximum Gasteiger partial charge on any atom is 0.313 e. The summed E-state index contributed by atoms with van der Waals surface area (Å²) >= 11 is 1.00. The van der Waals surface area contributed by atoms with Crippen LogP contribution in [-0.2, 0) is 4.79 Å². The molecule has 0 amide bonds. The van der Waals surface area contributed by atoms with Crippen LogP contribution >= 0.6 is 11.8 Å². The lowest BCUT2D eigenvalue weighted by Gasteiger charge is -1.95. The summed E-state index contributed by atoms with van der Waals surface area (Å²) < 4.78 is 0. The molecule has 1 aromatic rings. The topological polar surface area (TPSA) is 102 Å². The maximum atomic E-state index is 10.1. The zero-order valence-corrected chi connectivity index (χ0v) is 6.78. The average molecular weight is 186 g/mol. The van der Waals surface area contributed by atoms with Crippen molar-refractivity contribution in [3.8, 4) is 0 Å². The predicted molar refractivity (Wildman–Crippen MR) is 42.6 cm³/mol. The lowest BCUT2D eigenvalue weighted by Crippen LogP contribution is -2.01. The number of thioether (sulfide) groups is 1. The van der Waals surface area contributed by atoms with Crippen molar-refractivity contribution in [2.24, 2.45) is 0 Å². The number of hydrogen-bond acceptors (Lipinski definition) is 6. The van der Waals surface area contributed by atoms with Gasteiger partial charge in [-0.05, 0) is 0 Å². The second-order valence-electron chi connectivity index (χ2n) is 1.81. The Morgan fingerprint density at radius 2 is 2.42 bits per heavy atom. The van der Waals surface area contributed by atoms with Crippen LogP contribution in [0, 0.1) is 0 Å². The highest BCUT2D eigenvalue weighted by molar-refractivity contribution is 7.99. The largest absolute Gasteiger partial charge is 0.481 e. The number of carboxylic acid groups (broad SMARTS) is 1. The summed E-state index contributed by atoms with van der Waals surface area (Å²) in [6.07, 6.45) is 1.24. The zero-order valence-electron chi connectivity index (χ0n) is 5.97. The first kappa shape index (κ1) is 8.72. The summed E-state index contributed by atoms with van der Waals surface area (Å²) in [5, 5.41) is 8.64. The third-order valence-electron chi connectivity index (χ3n) is 0.893. The number of carboxylic acids is 1. The molecular weight excluding hydrogens is 180 g/mol. The maximum absolute atomic E-state index is 10.1. The van der Waals surface area contributed by atoms with Crippen LogP contribution in [0.4, 0.5) is 5.95 Å². The number of aromatic nitrogens is 3. The summed E-state index contributed by atoms with van der Waals surface area (Å²) in [4.78, 5) is 21.1. The van der Waals surface area contributed by atoms with E-state index >= 15 is 0 Å². The number of nitrogen functional groups attached to an aromatic ring is 1. The van der Waals surface area contributed by atoms with Gasteiger partial charge in [0.05, 0.1) is 5.75 Å². The van der Waals surface area contributed by atoms with E-state index in [0.29, 0.717) is 5.16 Å². The third kappa shape index (κ3) is 2.70. The highest BCUT2D eigenvalue weighted by Crippen LogP contribution is 2.10. The van der Waals surface area contributed by atoms with Crippen LogP contribution in [0.5, 0.6) is 0 Å². The Labute approximate surface area is 72.2 Å². The minimum absolute atomic E-state index is 0.0799. The van der Waals surface area contributed by atoms with Gasteiger partial charge in [-0.15, -0.1) is 0 Å². The molecule has 12 heavy (non-hydrogen) atoms. The Hall–Kier alpha value is -1.37. The van der Waals surface area contributed by atoms with Gasteiger partial charge in [0.1, 0.15) is 6.33 Å². The van der Waals surface area contributed by atoms with Gasteiger partial charge in [-0.25, -0.2) is 9.97 Å². The van der Waals surface area contributed by atoms with Crippen LogP contribution in [0.15, 0.2) is 11.5 Å². The highest BCUT2D eigenvalue weighted by Gasteiger charge is 2.02. The van der Waals surface area contributed by atoms with E-state index in [-0.39, 0.29) is 11.7 Å². The van der Waals surface area contributed by atoms with E-state index in [9.17, 15) is 4.79 Å². The number of aliphatic carboxylic acids is 1. The smallest absolute Gasteiger partial charge is 0.313 e. The Kier molecular flexibility index (Phi) is 2.81. The molecule has 0 saturated heterocycles. The minimum atomic E-state index is -0.918. The molecule has 7 heteroatoms. The number of hydrogen-bond donors (Lipinski definition) is 2. The second-order valence-corrected chi connectivity index (χ2v) is 2.75. The molecule has 0 aliphatic rings. The van der Waals surface area contributed by atoms with Crippen molar-refractivity contribution in [3.63, 3.8) is 0 Å². The summed E-state index contributed by atoms with van der Waals surface area (Å²) in [6.45, 7) is 0. The van der Waals surface area contributed by atoms with Crippen LogP contribution in [-0.4, -0.2) is 31.8 Å². The summed E-state index contributed by atoms with van der Waals surface area (Å²) in [7, 11) is 0. The molecule has 1 rings (SSSR count). The van der Waals surface area contributed by atoms with Gasteiger partial charge in [0.2, 0.25) is 5.95 Å². The second kappa shape index (κ2) is 3.86. The fourth-order valence-electron chi connectivity index (χ4n) is 0.489. The summed E-state index contributed by atoms with van der Waals surface area (Å²) in [5.41, 5.74) is 5.24. The van der Waals surface area contributed by atoms with E-state index in [0.717, 1.165) is 11.8 Å². The van der Waals surface area contributed by atoms with E-state index in [2.05, 4.69) is 15.0 Å². The van der Waals surface area contributed by atoms with Gasteiger partial charge in [-0.2, -0.15) is 4.98 Å². The first-order valence-electron chi connectivity index (χ1n) is 2.97. The van der Waals surface area contributed by atoms with Crippen molar-refractivity contribution in [1.82, 2.24) is 15.0 Å². The fourth-order valence-corrected chi connectivity index (χ4v) is 1.02. The van der Waals surface area contributed by atoms with Crippen LogP contribution in [0.25, 0.3) is 0 Å². The number of nitrogens with two attached hydrogens (primary N) is 1. The first-order chi connectivity index (χ1) is 5.68. The van der Waals surface area contributed by atoms with Crippen LogP contribution in [0.3, 0.4) is 0 Å². The SMILES string of the molecule is Nc1ncnc(SCC(=O)O)n1. The molecular formula is C5H6N4O2S. The van der Waals surface area contributed by atoms with Crippen molar-refractivity contribution in [1.29, 1.82) is 0 Å². The number of rotatable bonds is 3. The van der Waals surface area contributed by atoms with Crippen molar-refractivity contribution in [3.05, 3.63) is 6.33 Å². The van der Waals surface area contributed by atoms with Crippen molar-refractivity contribution >= 4 is 23.7 Å². The lowest BCUT2D eigenvalue weighted by molar-refractivity contribution is -0.133. The van der Waals surface area contributed by atoms with Crippen molar-refractivity contribution in [2.75, 3.05) is 11.5 Å². The van der Waals surface area contributed by atoms with Gasteiger partial charge in [-0.1, -0.05) is 11.8 Å². The monoisotopic (exact) mass is 186 g/mol. The van der Waals surface area contributed by atoms with Gasteiger partial charge < -0.3 is 10.8 Å². The molecule has 3 N–H and O–H groups in total. The van der Waals surface area contributed by atoms with Gasteiger partial charge in [0.15, 0.2) is 5.16 Å². The van der Waals surface area contributed by atoms with E-state index in [1.807, 2.05) is 0 Å². The molecule has 0 unspecified atom stereocenters. The van der Waals surface area contributed by atoms with Gasteiger partial charge >= 0.3 is 5.97 Å². The van der Waals surface area contributed by atoms with E-state index in [4.69, 9.17) is 10.8 Å². The molecule has 0 saturated carbocycles. The standard InChI is InChI=1S/C5H6N4O2S/c6-4-7-2-8-5(9-4)12-1-3(10)11/h2H,1H2,(H,10,11)(H2,6,7,8,9). The minimum Gasteiger partial charge on any atom is -0.481 e. The quantitative estimate of drug-likeness (QED) is 0.621. The lowest BCUT2D eigenvalue weighted by atomic mass is 10.8. The molecule has 0 bridgehead atoms. The number of carbonyl (C=O) groups is 1. The number of nitrogens with zero attached hydrogens (tertiary/aromatic N) is 3. The molecule has 1 aromatic heterocycles. The molecule has 6 nitrogen and oxygen atoms in total. The molecule has 0 aliphatic carbocycles. The summed E-state index contributed by atoms with van der Waals surface area (Å²) in [5.74, 6) is -0.902. The Morgan fingerprint density at radius 1 is 1.67 bits per heavy atom. The molecule has 64 valence electrons. The predicted octanol–water partition coefficient (Wildman–Crippen LogP) is -0.370. The highest BCUT2D eigenvalue weighted by atomic mass is 32.2. The molecule has 1 heterocycles. The zero-order chi connectivity index (χ0) is 8.97. The van der Waals surface area contributed by atoms with E-state index in [1.165, 1.54) is 6.33 Å². The van der Waals surface area contributed by atoms with Crippen LogP contribution < -0.4 is 5.73 Å².